The van der Waals surface area contributed by atoms with Crippen LogP contribution in [0.4, 0.5) is 0 Å². The molecular weight excluding hydrogens is 226 g/mol. The highest BCUT2D eigenvalue weighted by Gasteiger charge is 2.33. The average Bonchev–Trinajstić information content (AvgIpc) is 2.33. The zero-order valence-electron chi connectivity index (χ0n) is 11.2. The maximum absolute atomic E-state index is 11.8. The van der Waals surface area contributed by atoms with Gasteiger partial charge in [-0.1, -0.05) is 31.2 Å². The number of rotatable bonds is 5. The van der Waals surface area contributed by atoms with Crippen LogP contribution in [0.15, 0.2) is 24.3 Å². The molecule has 0 spiro atoms. The van der Waals surface area contributed by atoms with Gasteiger partial charge in [0.15, 0.2) is 0 Å². The van der Waals surface area contributed by atoms with E-state index in [9.17, 15) is 4.79 Å². The lowest BCUT2D eigenvalue weighted by atomic mass is 9.89. The Labute approximate surface area is 109 Å². The van der Waals surface area contributed by atoms with Crippen LogP contribution in [0.3, 0.4) is 0 Å². The molecule has 0 bridgehead atoms. The predicted molar refractivity (Wildman–Crippen MR) is 71.4 cm³/mol. The van der Waals surface area contributed by atoms with Crippen molar-refractivity contribution in [2.24, 2.45) is 5.41 Å². The molecule has 0 saturated carbocycles. The van der Waals surface area contributed by atoms with Crippen molar-refractivity contribution in [1.82, 2.24) is 5.32 Å². The number of hydrogen-bond acceptors (Lipinski definition) is 2. The smallest absolute Gasteiger partial charge is 0.220 e. The van der Waals surface area contributed by atoms with Crippen LogP contribution in [0.5, 0.6) is 0 Å². The zero-order chi connectivity index (χ0) is 13.0. The van der Waals surface area contributed by atoms with Crippen molar-refractivity contribution in [2.75, 3.05) is 19.8 Å². The van der Waals surface area contributed by atoms with Crippen LogP contribution >= 0.6 is 0 Å². The lowest BCUT2D eigenvalue weighted by molar-refractivity contribution is -0.126. The molecule has 0 atom stereocenters. The van der Waals surface area contributed by atoms with Crippen LogP contribution < -0.4 is 5.32 Å². The van der Waals surface area contributed by atoms with E-state index in [-0.39, 0.29) is 11.3 Å². The maximum Gasteiger partial charge on any atom is 0.220 e. The number of benzene rings is 1. The molecule has 1 amide bonds. The van der Waals surface area contributed by atoms with E-state index in [4.69, 9.17) is 4.74 Å². The van der Waals surface area contributed by atoms with Crippen molar-refractivity contribution >= 4 is 5.91 Å². The molecule has 1 aromatic rings. The first-order valence-electron chi connectivity index (χ1n) is 6.48. The molecule has 0 unspecified atom stereocenters. The van der Waals surface area contributed by atoms with Crippen molar-refractivity contribution in [2.45, 2.75) is 26.7 Å². The third kappa shape index (κ3) is 3.33. The molecule has 3 heteroatoms. The summed E-state index contributed by atoms with van der Waals surface area (Å²) < 4.78 is 5.16. The Morgan fingerprint density at radius 1 is 1.39 bits per heavy atom. The van der Waals surface area contributed by atoms with Gasteiger partial charge < -0.3 is 10.1 Å². The Kier molecular flexibility index (Phi) is 4.02. The number of hydrogen-bond donors (Lipinski definition) is 1. The standard InChI is InChI=1S/C15H21NO2/c1-12-5-3-4-6-13(12)7-8-14(17)16-9-15(2)10-18-11-15/h3-6H,7-11H2,1-2H3,(H,16,17). The second-order valence-corrected chi connectivity index (χ2v) is 5.51. The molecule has 1 aromatic carbocycles. The highest BCUT2D eigenvalue weighted by atomic mass is 16.5. The second kappa shape index (κ2) is 5.53. The molecule has 0 radical (unpaired) electrons. The highest BCUT2D eigenvalue weighted by molar-refractivity contribution is 5.76. The van der Waals surface area contributed by atoms with E-state index in [1.54, 1.807) is 0 Å². The van der Waals surface area contributed by atoms with Gasteiger partial charge in [0.1, 0.15) is 0 Å². The monoisotopic (exact) mass is 247 g/mol. The summed E-state index contributed by atoms with van der Waals surface area (Å²) in [6.45, 7) is 6.45. The molecule has 98 valence electrons. The van der Waals surface area contributed by atoms with E-state index in [0.29, 0.717) is 6.42 Å². The molecule has 3 nitrogen and oxygen atoms in total. The molecule has 1 aliphatic heterocycles. The van der Waals surface area contributed by atoms with Gasteiger partial charge in [0.25, 0.3) is 0 Å². The van der Waals surface area contributed by atoms with E-state index >= 15 is 0 Å². The van der Waals surface area contributed by atoms with Crippen LogP contribution in [0.1, 0.15) is 24.5 Å². The number of ether oxygens (including phenoxy) is 1. The van der Waals surface area contributed by atoms with Crippen molar-refractivity contribution in [3.05, 3.63) is 35.4 Å². The summed E-state index contributed by atoms with van der Waals surface area (Å²) in [4.78, 5) is 11.8. The highest BCUT2D eigenvalue weighted by Crippen LogP contribution is 2.25. The first kappa shape index (κ1) is 13.1. The third-order valence-electron chi connectivity index (χ3n) is 3.50. The van der Waals surface area contributed by atoms with Gasteiger partial charge in [-0.15, -0.1) is 0 Å². The topological polar surface area (TPSA) is 38.3 Å². The largest absolute Gasteiger partial charge is 0.380 e. The van der Waals surface area contributed by atoms with Gasteiger partial charge in [0.2, 0.25) is 5.91 Å². The maximum atomic E-state index is 11.8. The first-order valence-corrected chi connectivity index (χ1v) is 6.48. The van der Waals surface area contributed by atoms with Gasteiger partial charge >= 0.3 is 0 Å². The van der Waals surface area contributed by atoms with Gasteiger partial charge in [0, 0.05) is 18.4 Å². The lowest BCUT2D eigenvalue weighted by Gasteiger charge is -2.38. The minimum absolute atomic E-state index is 0.131. The molecule has 2 rings (SSSR count). The minimum Gasteiger partial charge on any atom is -0.380 e. The summed E-state index contributed by atoms with van der Waals surface area (Å²) in [5.41, 5.74) is 2.66. The number of aryl methyl sites for hydroxylation is 2. The van der Waals surface area contributed by atoms with Crippen LogP contribution in [-0.2, 0) is 16.0 Å². The Balaban J connectivity index is 1.73. The number of carbonyl (C=O) groups is 1. The summed E-state index contributed by atoms with van der Waals surface area (Å²) in [5, 5.41) is 3.00. The number of nitrogens with one attached hydrogen (secondary N) is 1. The van der Waals surface area contributed by atoms with Gasteiger partial charge in [-0.05, 0) is 24.5 Å². The van der Waals surface area contributed by atoms with Crippen molar-refractivity contribution < 1.29 is 9.53 Å². The van der Waals surface area contributed by atoms with E-state index < -0.39 is 0 Å². The van der Waals surface area contributed by atoms with Crippen molar-refractivity contribution in [1.29, 1.82) is 0 Å². The summed E-state index contributed by atoms with van der Waals surface area (Å²) in [7, 11) is 0. The van der Waals surface area contributed by atoms with Crippen molar-refractivity contribution in [3.63, 3.8) is 0 Å². The summed E-state index contributed by atoms with van der Waals surface area (Å²) in [5.74, 6) is 0.131. The Morgan fingerprint density at radius 3 is 2.72 bits per heavy atom. The molecule has 1 heterocycles. The molecule has 1 fully saturated rings. The van der Waals surface area contributed by atoms with Crippen molar-refractivity contribution in [3.8, 4) is 0 Å². The van der Waals surface area contributed by atoms with E-state index in [0.717, 1.165) is 26.2 Å². The SMILES string of the molecule is Cc1ccccc1CCC(=O)NCC1(C)COC1. The van der Waals surface area contributed by atoms with Gasteiger partial charge in [-0.2, -0.15) is 0 Å². The number of carbonyl (C=O) groups excluding carboxylic acids is 1. The van der Waals surface area contributed by atoms with Gasteiger partial charge in [-0.25, -0.2) is 0 Å². The summed E-state index contributed by atoms with van der Waals surface area (Å²) in [6, 6.07) is 8.22. The van der Waals surface area contributed by atoms with Crippen LogP contribution in [0.25, 0.3) is 0 Å². The van der Waals surface area contributed by atoms with Crippen LogP contribution in [-0.4, -0.2) is 25.7 Å². The van der Waals surface area contributed by atoms with E-state index in [2.05, 4.69) is 31.3 Å². The van der Waals surface area contributed by atoms with Gasteiger partial charge in [-0.3, -0.25) is 4.79 Å². The molecule has 1 aliphatic rings. The Bertz CT molecular complexity index is 424. The molecule has 1 N–H and O–H groups in total. The Hall–Kier alpha value is -1.35. The Morgan fingerprint density at radius 2 is 2.11 bits per heavy atom. The minimum atomic E-state index is 0.131. The fourth-order valence-electron chi connectivity index (χ4n) is 2.09. The molecule has 0 aromatic heterocycles. The predicted octanol–water partition coefficient (Wildman–Crippen LogP) is 2.08. The van der Waals surface area contributed by atoms with E-state index in [1.165, 1.54) is 11.1 Å². The summed E-state index contributed by atoms with van der Waals surface area (Å²) in [6.07, 6.45) is 1.37. The molecular formula is C15H21NO2. The molecule has 1 saturated heterocycles. The number of amides is 1. The fraction of sp³-hybridized carbons (Fsp3) is 0.533. The normalized spacial score (nSPS) is 17.0. The van der Waals surface area contributed by atoms with Crippen LogP contribution in [0, 0.1) is 12.3 Å². The van der Waals surface area contributed by atoms with Gasteiger partial charge in [0.05, 0.1) is 13.2 Å². The first-order chi connectivity index (χ1) is 8.59. The summed E-state index contributed by atoms with van der Waals surface area (Å²) >= 11 is 0. The fourth-order valence-corrected chi connectivity index (χ4v) is 2.09. The van der Waals surface area contributed by atoms with E-state index in [1.807, 2.05) is 12.1 Å². The van der Waals surface area contributed by atoms with Crippen LogP contribution in [0.2, 0.25) is 0 Å². The molecule has 18 heavy (non-hydrogen) atoms. The third-order valence-corrected chi connectivity index (χ3v) is 3.50. The quantitative estimate of drug-likeness (QED) is 0.865. The lowest BCUT2D eigenvalue weighted by Crippen LogP contribution is -2.48. The second-order valence-electron chi connectivity index (χ2n) is 5.51. The average molecular weight is 247 g/mol. The zero-order valence-corrected chi connectivity index (χ0v) is 11.2. The molecule has 0 aliphatic carbocycles.